The van der Waals surface area contributed by atoms with Crippen LogP contribution < -0.4 is 4.72 Å². The van der Waals surface area contributed by atoms with Crippen LogP contribution in [0.4, 0.5) is 0 Å². The molecule has 1 aliphatic rings. The zero-order chi connectivity index (χ0) is 23.2. The zero-order valence-corrected chi connectivity index (χ0v) is 21.3. The highest BCUT2D eigenvalue weighted by atomic mass is 79.9. The second-order valence-electron chi connectivity index (χ2n) is 8.15. The predicted octanol–water partition coefficient (Wildman–Crippen LogP) is 3.67. The van der Waals surface area contributed by atoms with Crippen molar-refractivity contribution in [3.8, 4) is 16.3 Å². The Morgan fingerprint density at radius 3 is 2.70 bits per heavy atom. The van der Waals surface area contributed by atoms with E-state index in [4.69, 9.17) is 4.98 Å². The van der Waals surface area contributed by atoms with Gasteiger partial charge in [0.15, 0.2) is 5.65 Å². The second-order valence-corrected chi connectivity index (χ2v) is 12.3. The molecule has 0 unspecified atom stereocenters. The number of rotatable bonds is 6. The lowest BCUT2D eigenvalue weighted by atomic mass is 10.0. The number of aromatic nitrogens is 6. The van der Waals surface area contributed by atoms with Gasteiger partial charge in [-0.15, -0.1) is 10.2 Å². The van der Waals surface area contributed by atoms with Gasteiger partial charge < -0.3 is 0 Å². The van der Waals surface area contributed by atoms with Crippen LogP contribution in [0.3, 0.4) is 0 Å². The third-order valence-electron chi connectivity index (χ3n) is 6.00. The summed E-state index contributed by atoms with van der Waals surface area (Å²) in [6, 6.07) is 7.97. The van der Waals surface area contributed by atoms with Gasteiger partial charge in [0.25, 0.3) is 0 Å². The summed E-state index contributed by atoms with van der Waals surface area (Å²) in [5, 5.41) is 15.2. The number of benzene rings is 1. The van der Waals surface area contributed by atoms with Crippen molar-refractivity contribution in [3.63, 3.8) is 0 Å². The van der Waals surface area contributed by atoms with E-state index in [1.54, 1.807) is 22.2 Å². The molecular formula is C21H22BrN7O2S2. The number of nitrogens with one attached hydrogen (secondary N) is 1. The maximum absolute atomic E-state index is 12.1. The number of nitrogens with zero attached hydrogens (tertiary/aromatic N) is 6. The number of aryl methyl sites for hydroxylation is 1. The molecule has 0 aliphatic heterocycles. The number of halogens is 1. The van der Waals surface area contributed by atoms with E-state index in [0.717, 1.165) is 33.1 Å². The van der Waals surface area contributed by atoms with Crippen LogP contribution in [0.1, 0.15) is 30.1 Å². The molecule has 0 amide bonds. The monoisotopic (exact) mass is 547 g/mol. The highest BCUT2D eigenvalue weighted by Gasteiger charge is 2.33. The third-order valence-corrected chi connectivity index (χ3v) is 9.35. The summed E-state index contributed by atoms with van der Waals surface area (Å²) in [5.74, 6) is 0.939. The van der Waals surface area contributed by atoms with Crippen molar-refractivity contribution in [2.45, 2.75) is 37.9 Å². The Labute approximate surface area is 203 Å². The van der Waals surface area contributed by atoms with E-state index >= 15 is 0 Å². The molecule has 12 heteroatoms. The fraction of sp³-hybridized carbons (Fsp3) is 0.381. The molecule has 3 aromatic heterocycles. The molecule has 1 N–H and O–H groups in total. The van der Waals surface area contributed by atoms with Gasteiger partial charge >= 0.3 is 0 Å². The standard InChI is InChI=1S/C21H22BrN7O2S2/c1-12-26-27-21(32-12)14-4-6-15(7-5-14)29-20-17(19(22)28-29)11-24-18(25-20)10-13-3-8-16(9-13)33(30,31)23-2/h4-7,11,13,16,23H,3,8-10H2,1-2H3/t13-,16-/m1/s1. The molecule has 1 aromatic carbocycles. The van der Waals surface area contributed by atoms with Crippen molar-refractivity contribution in [3.05, 3.63) is 45.9 Å². The average Bonchev–Trinajstić information content (AvgIpc) is 3.54. The van der Waals surface area contributed by atoms with Crippen LogP contribution in [-0.2, 0) is 16.4 Å². The Morgan fingerprint density at radius 1 is 1.21 bits per heavy atom. The molecule has 1 aliphatic carbocycles. The van der Waals surface area contributed by atoms with Crippen LogP contribution in [0.2, 0.25) is 0 Å². The van der Waals surface area contributed by atoms with Gasteiger partial charge in [0, 0.05) is 18.2 Å². The maximum atomic E-state index is 12.1. The highest BCUT2D eigenvalue weighted by molar-refractivity contribution is 9.10. The lowest BCUT2D eigenvalue weighted by Crippen LogP contribution is -2.30. The topological polar surface area (TPSA) is 116 Å². The van der Waals surface area contributed by atoms with Gasteiger partial charge in [-0.1, -0.05) is 11.3 Å². The first kappa shape index (κ1) is 22.5. The minimum atomic E-state index is -3.24. The summed E-state index contributed by atoms with van der Waals surface area (Å²) in [6.45, 7) is 1.94. The molecule has 0 saturated heterocycles. The molecule has 1 fully saturated rings. The third kappa shape index (κ3) is 4.44. The molecule has 172 valence electrons. The van der Waals surface area contributed by atoms with Crippen molar-refractivity contribution in [1.29, 1.82) is 0 Å². The lowest BCUT2D eigenvalue weighted by Gasteiger charge is -2.11. The number of hydrogen-bond acceptors (Lipinski definition) is 8. The molecule has 0 radical (unpaired) electrons. The summed E-state index contributed by atoms with van der Waals surface area (Å²) >= 11 is 5.07. The Kier molecular flexibility index (Phi) is 6.02. The van der Waals surface area contributed by atoms with Crippen molar-refractivity contribution in [2.24, 2.45) is 5.92 Å². The summed E-state index contributed by atoms with van der Waals surface area (Å²) in [5.41, 5.74) is 2.59. The van der Waals surface area contributed by atoms with Gasteiger partial charge in [-0.2, -0.15) is 5.10 Å². The van der Waals surface area contributed by atoms with E-state index < -0.39 is 10.0 Å². The molecule has 0 spiro atoms. The van der Waals surface area contributed by atoms with E-state index in [0.29, 0.717) is 35.3 Å². The van der Waals surface area contributed by atoms with Gasteiger partial charge in [-0.3, -0.25) is 0 Å². The minimum absolute atomic E-state index is 0.241. The molecule has 3 heterocycles. The number of hydrogen-bond donors (Lipinski definition) is 1. The Hall–Kier alpha value is -2.28. The summed E-state index contributed by atoms with van der Waals surface area (Å²) in [6.07, 6.45) is 4.56. The Bertz CT molecular complexity index is 1420. The number of sulfonamides is 1. The van der Waals surface area contributed by atoms with Crippen LogP contribution in [0, 0.1) is 12.8 Å². The summed E-state index contributed by atoms with van der Waals surface area (Å²) < 4.78 is 29.2. The van der Waals surface area contributed by atoms with Gasteiger partial charge in [-0.25, -0.2) is 27.8 Å². The summed E-state index contributed by atoms with van der Waals surface area (Å²) in [4.78, 5) is 9.33. The van der Waals surface area contributed by atoms with Gasteiger partial charge in [0.1, 0.15) is 20.4 Å². The lowest BCUT2D eigenvalue weighted by molar-refractivity contribution is 0.524. The normalized spacial score (nSPS) is 18.9. The molecule has 4 aromatic rings. The smallest absolute Gasteiger partial charge is 0.214 e. The Morgan fingerprint density at radius 2 is 2.00 bits per heavy atom. The van der Waals surface area contributed by atoms with Crippen LogP contribution in [0.15, 0.2) is 35.1 Å². The van der Waals surface area contributed by atoms with Crippen molar-refractivity contribution >= 4 is 48.3 Å². The van der Waals surface area contributed by atoms with Crippen molar-refractivity contribution < 1.29 is 8.42 Å². The van der Waals surface area contributed by atoms with E-state index in [1.165, 1.54) is 7.05 Å². The highest BCUT2D eigenvalue weighted by Crippen LogP contribution is 2.33. The second kappa shape index (κ2) is 8.82. The van der Waals surface area contributed by atoms with Crippen LogP contribution >= 0.6 is 27.3 Å². The van der Waals surface area contributed by atoms with Gasteiger partial charge in [0.05, 0.1) is 16.3 Å². The average molecular weight is 548 g/mol. The SMILES string of the molecule is CNS(=O)(=O)[C@@H]1CC[C@@H](Cc2ncc3c(Br)nn(-c4ccc(-c5nnc(C)s5)cc4)c3n2)C1. The quantitative estimate of drug-likeness (QED) is 0.391. The van der Waals surface area contributed by atoms with Crippen molar-refractivity contribution in [2.75, 3.05) is 7.05 Å². The zero-order valence-electron chi connectivity index (χ0n) is 18.1. The van der Waals surface area contributed by atoms with Crippen LogP contribution in [-0.4, -0.2) is 50.7 Å². The number of fused-ring (bicyclic) bond motifs is 1. The van der Waals surface area contributed by atoms with Crippen LogP contribution in [0.5, 0.6) is 0 Å². The minimum Gasteiger partial charge on any atom is -0.240 e. The molecule has 33 heavy (non-hydrogen) atoms. The first-order chi connectivity index (χ1) is 15.8. The van der Waals surface area contributed by atoms with E-state index in [2.05, 4.69) is 40.9 Å². The predicted molar refractivity (Wildman–Crippen MR) is 131 cm³/mol. The maximum Gasteiger partial charge on any atom is 0.214 e. The summed E-state index contributed by atoms with van der Waals surface area (Å²) in [7, 11) is -1.77. The molecule has 9 nitrogen and oxygen atoms in total. The molecular weight excluding hydrogens is 526 g/mol. The van der Waals surface area contributed by atoms with Gasteiger partial charge in [0.2, 0.25) is 10.0 Å². The van der Waals surface area contributed by atoms with E-state index in [-0.39, 0.29) is 11.2 Å². The van der Waals surface area contributed by atoms with Crippen LogP contribution in [0.25, 0.3) is 27.3 Å². The molecule has 5 rings (SSSR count). The molecule has 2 atom stereocenters. The first-order valence-corrected chi connectivity index (χ1v) is 13.7. The molecule has 1 saturated carbocycles. The van der Waals surface area contributed by atoms with E-state index in [9.17, 15) is 8.42 Å². The van der Waals surface area contributed by atoms with Gasteiger partial charge in [-0.05, 0) is 79.3 Å². The van der Waals surface area contributed by atoms with E-state index in [1.807, 2.05) is 31.2 Å². The fourth-order valence-corrected chi connectivity index (χ4v) is 6.70. The fourth-order valence-electron chi connectivity index (χ4n) is 4.26. The molecule has 0 bridgehead atoms. The van der Waals surface area contributed by atoms with Crippen molar-refractivity contribution in [1.82, 2.24) is 34.7 Å². The first-order valence-electron chi connectivity index (χ1n) is 10.6. The Balaban J connectivity index is 1.41. The largest absolute Gasteiger partial charge is 0.240 e.